The molecule has 3 atom stereocenters. The van der Waals surface area contributed by atoms with Crippen molar-refractivity contribution in [3.05, 3.63) is 0 Å². The first-order valence-corrected chi connectivity index (χ1v) is 10.5. The minimum Gasteiger partial charge on any atom is -0.335 e. The van der Waals surface area contributed by atoms with Gasteiger partial charge < -0.3 is 10.2 Å². The molecule has 2 heterocycles. The van der Waals surface area contributed by atoms with Crippen LogP contribution in [-0.4, -0.2) is 58.8 Å². The summed E-state index contributed by atoms with van der Waals surface area (Å²) in [6, 6.07) is 0.418. The molecule has 3 aliphatic carbocycles. The van der Waals surface area contributed by atoms with E-state index in [4.69, 9.17) is 4.99 Å². The van der Waals surface area contributed by atoms with Gasteiger partial charge in [0.1, 0.15) is 11.4 Å². The van der Waals surface area contributed by atoms with E-state index < -0.39 is 5.54 Å². The molecule has 0 aromatic rings. The lowest BCUT2D eigenvalue weighted by Gasteiger charge is -2.28. The Morgan fingerprint density at radius 1 is 1.19 bits per heavy atom. The van der Waals surface area contributed by atoms with Gasteiger partial charge in [0.05, 0.1) is 0 Å². The van der Waals surface area contributed by atoms with Gasteiger partial charge in [0.25, 0.3) is 5.91 Å². The summed E-state index contributed by atoms with van der Waals surface area (Å²) < 4.78 is 0. The van der Waals surface area contributed by atoms with Crippen molar-refractivity contribution >= 4 is 17.8 Å². The van der Waals surface area contributed by atoms with E-state index in [0.717, 1.165) is 44.6 Å². The number of urea groups is 1. The predicted octanol–water partition coefficient (Wildman–Crippen LogP) is 2.39. The molecule has 0 aromatic carbocycles. The number of carbonyl (C=O) groups excluding carboxylic acids is 2. The maximum absolute atomic E-state index is 13.3. The second kappa shape index (κ2) is 5.96. The number of carbonyl (C=O) groups is 2. The molecule has 1 spiro atoms. The lowest BCUT2D eigenvalue weighted by Crippen LogP contribution is -2.48. The maximum Gasteiger partial charge on any atom is 0.317 e. The Balaban J connectivity index is 1.29. The van der Waals surface area contributed by atoms with Gasteiger partial charge in [0, 0.05) is 31.6 Å². The number of amidine groups is 1. The van der Waals surface area contributed by atoms with Crippen LogP contribution in [-0.2, 0) is 4.79 Å². The summed E-state index contributed by atoms with van der Waals surface area (Å²) in [6.45, 7) is 4.31. The number of hydrogen-bond donors (Lipinski definition) is 1. The van der Waals surface area contributed by atoms with E-state index in [1.807, 2.05) is 16.7 Å². The zero-order valence-electron chi connectivity index (χ0n) is 15.7. The number of likely N-dealkylation sites (tertiary alicyclic amines) is 1. The quantitative estimate of drug-likeness (QED) is 0.842. The summed E-state index contributed by atoms with van der Waals surface area (Å²) in [6.07, 6.45) is 9.01. The highest BCUT2D eigenvalue weighted by Crippen LogP contribution is 2.50. The number of rotatable bonds is 3. The van der Waals surface area contributed by atoms with Gasteiger partial charge in [-0.1, -0.05) is 12.8 Å². The number of nitrogens with one attached hydrogen (secondary N) is 1. The molecule has 0 unspecified atom stereocenters. The van der Waals surface area contributed by atoms with Gasteiger partial charge in [-0.15, -0.1) is 0 Å². The van der Waals surface area contributed by atoms with Crippen LogP contribution in [0.15, 0.2) is 4.99 Å². The van der Waals surface area contributed by atoms with Crippen molar-refractivity contribution in [3.8, 4) is 0 Å². The molecule has 0 aromatic heterocycles. The summed E-state index contributed by atoms with van der Waals surface area (Å²) in [5, 5.41) is 3.21. The lowest BCUT2D eigenvalue weighted by molar-refractivity contribution is -0.132. The number of fused-ring (bicyclic) bond motifs is 2. The zero-order valence-corrected chi connectivity index (χ0v) is 15.7. The highest BCUT2D eigenvalue weighted by atomic mass is 16.2. The van der Waals surface area contributed by atoms with Crippen LogP contribution in [0, 0.1) is 17.8 Å². The lowest BCUT2D eigenvalue weighted by atomic mass is 9.85. The first-order chi connectivity index (χ1) is 12.6. The molecule has 4 fully saturated rings. The molecule has 0 radical (unpaired) electrons. The Morgan fingerprint density at radius 3 is 2.69 bits per heavy atom. The molecule has 0 bridgehead atoms. The fraction of sp³-hybridized carbons (Fsp3) is 0.850. The van der Waals surface area contributed by atoms with Crippen molar-refractivity contribution in [2.24, 2.45) is 22.7 Å². The van der Waals surface area contributed by atoms with E-state index in [0.29, 0.717) is 24.4 Å². The van der Waals surface area contributed by atoms with Crippen molar-refractivity contribution in [1.29, 1.82) is 0 Å². The van der Waals surface area contributed by atoms with Crippen LogP contribution >= 0.6 is 0 Å². The number of hydrogen-bond acceptors (Lipinski definition) is 3. The fourth-order valence-corrected chi connectivity index (χ4v) is 5.75. The second-order valence-corrected chi connectivity index (χ2v) is 9.18. The van der Waals surface area contributed by atoms with E-state index in [1.54, 1.807) is 0 Å². The zero-order chi connectivity index (χ0) is 17.9. The Kier molecular flexibility index (Phi) is 3.80. The van der Waals surface area contributed by atoms with Gasteiger partial charge in [-0.3, -0.25) is 14.7 Å². The third-order valence-corrected chi connectivity index (χ3v) is 7.43. The molecule has 5 aliphatic rings. The Bertz CT molecular complexity index is 652. The molecule has 5 rings (SSSR count). The van der Waals surface area contributed by atoms with Gasteiger partial charge in [-0.2, -0.15) is 0 Å². The maximum atomic E-state index is 13.3. The molecule has 6 heteroatoms. The summed E-state index contributed by atoms with van der Waals surface area (Å²) >= 11 is 0. The fourth-order valence-electron chi connectivity index (χ4n) is 5.75. The van der Waals surface area contributed by atoms with Gasteiger partial charge >= 0.3 is 6.03 Å². The van der Waals surface area contributed by atoms with Crippen LogP contribution < -0.4 is 5.32 Å². The summed E-state index contributed by atoms with van der Waals surface area (Å²) in [4.78, 5) is 34.8. The Morgan fingerprint density at radius 2 is 1.96 bits per heavy atom. The van der Waals surface area contributed by atoms with Crippen LogP contribution in [0.4, 0.5) is 4.79 Å². The second-order valence-electron chi connectivity index (χ2n) is 9.18. The molecule has 1 N–H and O–H groups in total. The van der Waals surface area contributed by atoms with E-state index in [-0.39, 0.29) is 17.9 Å². The Hall–Kier alpha value is -1.59. The largest absolute Gasteiger partial charge is 0.335 e. The minimum absolute atomic E-state index is 0.0717. The summed E-state index contributed by atoms with van der Waals surface area (Å²) in [7, 11) is 0. The molecular weight excluding hydrogens is 328 g/mol. The minimum atomic E-state index is -0.577. The standard InChI is InChI=1S/C20H30N4O2/c1-13-22-20(18(25)24(13)10-14-6-7-14)9-8-15-11-23(12-17(15)20)19(26)21-16-4-2-3-5-16/h14-17H,2-12H2,1H3,(H,21,26)/t15-,17+,20-/m1/s1. The van der Waals surface area contributed by atoms with Gasteiger partial charge in [-0.05, 0) is 57.3 Å². The van der Waals surface area contributed by atoms with Gasteiger partial charge in [0.2, 0.25) is 0 Å². The topological polar surface area (TPSA) is 65.0 Å². The number of amides is 3. The highest BCUT2D eigenvalue weighted by Gasteiger charge is 2.61. The van der Waals surface area contributed by atoms with Crippen LogP contribution in [0.3, 0.4) is 0 Å². The first kappa shape index (κ1) is 16.6. The van der Waals surface area contributed by atoms with Crippen molar-refractivity contribution in [1.82, 2.24) is 15.1 Å². The van der Waals surface area contributed by atoms with E-state index in [2.05, 4.69) is 5.32 Å². The molecule has 142 valence electrons. The van der Waals surface area contributed by atoms with Crippen molar-refractivity contribution in [2.75, 3.05) is 19.6 Å². The average molecular weight is 358 g/mol. The van der Waals surface area contributed by atoms with E-state index in [1.165, 1.54) is 25.7 Å². The molecule has 6 nitrogen and oxygen atoms in total. The molecule has 3 amide bonds. The smallest absolute Gasteiger partial charge is 0.317 e. The monoisotopic (exact) mass is 358 g/mol. The van der Waals surface area contributed by atoms with Crippen LogP contribution in [0.25, 0.3) is 0 Å². The van der Waals surface area contributed by atoms with Crippen molar-refractivity contribution in [3.63, 3.8) is 0 Å². The first-order valence-electron chi connectivity index (χ1n) is 10.5. The third-order valence-electron chi connectivity index (χ3n) is 7.43. The number of aliphatic imine (C=N–C) groups is 1. The molecule has 3 saturated carbocycles. The van der Waals surface area contributed by atoms with Crippen molar-refractivity contribution < 1.29 is 9.59 Å². The van der Waals surface area contributed by atoms with Crippen LogP contribution in [0.1, 0.15) is 58.3 Å². The Labute approximate surface area is 155 Å². The van der Waals surface area contributed by atoms with Crippen LogP contribution in [0.2, 0.25) is 0 Å². The van der Waals surface area contributed by atoms with Gasteiger partial charge in [0.15, 0.2) is 0 Å². The van der Waals surface area contributed by atoms with E-state index in [9.17, 15) is 9.59 Å². The SMILES string of the molecule is CC1=N[C@@]2(CC[C@@H]3CN(C(=O)NC4CCCC4)C[C@@H]32)C(=O)N1CC1CC1. The third kappa shape index (κ3) is 2.55. The average Bonchev–Trinajstić information content (AvgIpc) is 2.97. The molecular formula is C20H30N4O2. The summed E-state index contributed by atoms with van der Waals surface area (Å²) in [5.74, 6) is 2.41. The number of nitrogens with zero attached hydrogens (tertiary/aromatic N) is 3. The normalized spacial score (nSPS) is 37.0. The molecule has 2 aliphatic heterocycles. The summed E-state index contributed by atoms with van der Waals surface area (Å²) in [5.41, 5.74) is -0.577. The predicted molar refractivity (Wildman–Crippen MR) is 98.9 cm³/mol. The molecule has 1 saturated heterocycles. The molecule has 26 heavy (non-hydrogen) atoms. The van der Waals surface area contributed by atoms with Crippen molar-refractivity contribution in [2.45, 2.75) is 69.9 Å². The van der Waals surface area contributed by atoms with Gasteiger partial charge in [-0.25, -0.2) is 4.79 Å². The van der Waals surface area contributed by atoms with Crippen LogP contribution in [0.5, 0.6) is 0 Å². The van der Waals surface area contributed by atoms with E-state index >= 15 is 0 Å². The highest BCUT2D eigenvalue weighted by molar-refractivity contribution is 6.07.